The summed E-state index contributed by atoms with van der Waals surface area (Å²) in [5.41, 5.74) is -3.19. The van der Waals surface area contributed by atoms with Gasteiger partial charge in [0.05, 0.1) is 31.6 Å². The molecule has 0 radical (unpaired) electrons. The molecule has 44 heavy (non-hydrogen) atoms. The van der Waals surface area contributed by atoms with Gasteiger partial charge in [-0.3, -0.25) is 4.79 Å². The van der Waals surface area contributed by atoms with Crippen molar-refractivity contribution in [3.8, 4) is 11.3 Å². The van der Waals surface area contributed by atoms with Crippen molar-refractivity contribution in [2.45, 2.75) is 72.2 Å². The Bertz CT molecular complexity index is 1300. The Morgan fingerprint density at radius 3 is 2.39 bits per heavy atom. The molecule has 6 atom stereocenters. The van der Waals surface area contributed by atoms with Gasteiger partial charge in [-0.15, -0.1) is 16.9 Å². The van der Waals surface area contributed by atoms with E-state index < -0.39 is 89.4 Å². The summed E-state index contributed by atoms with van der Waals surface area (Å²) in [4.78, 5) is 15.3. The van der Waals surface area contributed by atoms with Crippen molar-refractivity contribution < 1.29 is 56.3 Å². The summed E-state index contributed by atoms with van der Waals surface area (Å²) in [5, 5.41) is 39.5. The van der Waals surface area contributed by atoms with Gasteiger partial charge in [0.15, 0.2) is 17.5 Å². The van der Waals surface area contributed by atoms with E-state index in [0.717, 1.165) is 28.6 Å². The van der Waals surface area contributed by atoms with Gasteiger partial charge in [0.2, 0.25) is 11.8 Å². The number of rotatable bonds is 8. The number of hydrogen-bond donors (Lipinski definition) is 3. The number of thioether (sulfide) groups is 1. The number of aliphatic hydroxyl groups excluding tert-OH is 2. The number of alkyl halides is 2. The van der Waals surface area contributed by atoms with Gasteiger partial charge in [0.25, 0.3) is 0 Å². The van der Waals surface area contributed by atoms with E-state index >= 15 is 0 Å². The van der Waals surface area contributed by atoms with E-state index in [2.05, 4.69) is 10.3 Å². The van der Waals surface area contributed by atoms with E-state index in [1.165, 1.54) is 18.2 Å². The lowest BCUT2D eigenvalue weighted by molar-refractivity contribution is -0.187. The molecular formula is C27H33F5N4O7S. The molecule has 3 fully saturated rings. The van der Waals surface area contributed by atoms with Crippen molar-refractivity contribution in [3.05, 3.63) is 35.8 Å². The number of hydrogen-bond acceptors (Lipinski definition) is 10. The zero-order chi connectivity index (χ0) is 31.8. The van der Waals surface area contributed by atoms with Crippen molar-refractivity contribution in [2.75, 3.05) is 40.0 Å². The van der Waals surface area contributed by atoms with Crippen LogP contribution in [-0.2, 0) is 19.0 Å². The number of ether oxygens (including phenoxy) is 3. The first-order chi connectivity index (χ1) is 20.9. The fourth-order valence-electron chi connectivity index (χ4n) is 5.79. The largest absolute Gasteiger partial charge is 0.394 e. The standard InChI is InChI=1S/C27H33F5N4O7S/c1-41-22-20(36-12-17(33-34-36)14-10-15(28)19(30)16(29)11-14)21(38)18(13-37)43-25(22)44-23(24(39)35-6-8-42-9-7-35)26(40)2-4-27(31,32)5-3-26/h10-12,18,20-23,25,37-38,40H,2-9,13H2,1H3/t18-,20+,21+,22-,23?,25+/m1/s1. The van der Waals surface area contributed by atoms with Crippen LogP contribution in [0.1, 0.15) is 31.7 Å². The number of aliphatic hydroxyl groups is 3. The Kier molecular flexibility index (Phi) is 9.84. The summed E-state index contributed by atoms with van der Waals surface area (Å²) >= 11 is 0.835. The maximum absolute atomic E-state index is 14.1. The number of methoxy groups -OCH3 is 1. The lowest BCUT2D eigenvalue weighted by Crippen LogP contribution is -2.59. The van der Waals surface area contributed by atoms with Gasteiger partial charge in [0.1, 0.15) is 40.7 Å². The Hall–Kier alpha value is -2.41. The first-order valence-electron chi connectivity index (χ1n) is 14.0. The summed E-state index contributed by atoms with van der Waals surface area (Å²) in [7, 11) is 1.29. The molecular weight excluding hydrogens is 619 g/mol. The van der Waals surface area contributed by atoms with Crippen molar-refractivity contribution in [1.82, 2.24) is 19.9 Å². The highest BCUT2D eigenvalue weighted by molar-refractivity contribution is 8.01. The maximum atomic E-state index is 14.1. The van der Waals surface area contributed by atoms with Crippen molar-refractivity contribution in [1.29, 1.82) is 0 Å². The van der Waals surface area contributed by atoms with E-state index in [1.807, 2.05) is 0 Å². The quantitative estimate of drug-likeness (QED) is 0.286. The van der Waals surface area contributed by atoms with Crippen LogP contribution < -0.4 is 0 Å². The molecule has 3 N–H and O–H groups in total. The summed E-state index contributed by atoms with van der Waals surface area (Å²) < 4.78 is 87.6. The lowest BCUT2D eigenvalue weighted by Gasteiger charge is -2.47. The number of morpholine rings is 1. The van der Waals surface area contributed by atoms with Gasteiger partial charge in [-0.1, -0.05) is 5.21 Å². The molecule has 2 aliphatic heterocycles. The first kappa shape index (κ1) is 33.0. The molecule has 1 unspecified atom stereocenters. The molecule has 1 aromatic heterocycles. The van der Waals surface area contributed by atoms with Gasteiger partial charge in [-0.2, -0.15) is 0 Å². The smallest absolute Gasteiger partial charge is 0.248 e. The second-order valence-corrected chi connectivity index (χ2v) is 12.4. The molecule has 11 nitrogen and oxygen atoms in total. The normalized spacial score (nSPS) is 29.4. The fraction of sp³-hybridized carbons (Fsp3) is 0.667. The van der Waals surface area contributed by atoms with E-state index in [-0.39, 0.29) is 50.4 Å². The predicted octanol–water partition coefficient (Wildman–Crippen LogP) is 1.90. The number of benzene rings is 1. The Balaban J connectivity index is 1.47. The van der Waals surface area contributed by atoms with Crippen LogP contribution in [-0.4, -0.2) is 122 Å². The molecule has 244 valence electrons. The number of aromatic nitrogens is 3. The van der Waals surface area contributed by atoms with Crippen molar-refractivity contribution in [3.63, 3.8) is 0 Å². The van der Waals surface area contributed by atoms with Crippen LogP contribution in [0.25, 0.3) is 11.3 Å². The second-order valence-electron chi connectivity index (χ2n) is 11.2. The first-order valence-corrected chi connectivity index (χ1v) is 15.0. The topological polar surface area (TPSA) is 139 Å². The second kappa shape index (κ2) is 13.1. The van der Waals surface area contributed by atoms with E-state index in [4.69, 9.17) is 14.2 Å². The third-order valence-electron chi connectivity index (χ3n) is 8.34. The highest BCUT2D eigenvalue weighted by Gasteiger charge is 2.54. The Morgan fingerprint density at radius 2 is 1.80 bits per heavy atom. The van der Waals surface area contributed by atoms with Crippen LogP contribution >= 0.6 is 11.8 Å². The molecule has 2 aromatic rings. The van der Waals surface area contributed by atoms with Crippen LogP contribution in [0.2, 0.25) is 0 Å². The third kappa shape index (κ3) is 6.59. The number of nitrogens with zero attached hydrogens (tertiary/aromatic N) is 4. The molecule has 5 rings (SSSR count). The molecule has 0 spiro atoms. The summed E-state index contributed by atoms with van der Waals surface area (Å²) in [5.74, 6) is -8.03. The molecule has 1 aliphatic carbocycles. The summed E-state index contributed by atoms with van der Waals surface area (Å²) in [6.07, 6.45) is -4.56. The SMILES string of the molecule is CO[C@@H]1[C@@H](n2cc(-c3cc(F)c(F)c(F)c3)nn2)[C@@H](O)[C@@H](CO)O[C@H]1SC(C(=O)N1CCOCC1)C1(O)CCC(F)(F)CC1. The van der Waals surface area contributed by atoms with Crippen LogP contribution in [0, 0.1) is 17.5 Å². The molecule has 0 bridgehead atoms. The molecule has 3 aliphatic rings. The molecule has 17 heteroatoms. The van der Waals surface area contributed by atoms with Crippen LogP contribution in [0.5, 0.6) is 0 Å². The van der Waals surface area contributed by atoms with Gasteiger partial charge in [-0.05, 0) is 25.0 Å². The Labute approximate surface area is 253 Å². The van der Waals surface area contributed by atoms with Crippen molar-refractivity contribution in [2.24, 2.45) is 0 Å². The zero-order valence-corrected chi connectivity index (χ0v) is 24.4. The number of amides is 1. The van der Waals surface area contributed by atoms with Gasteiger partial charge < -0.3 is 34.4 Å². The van der Waals surface area contributed by atoms with Gasteiger partial charge in [0, 0.05) is 38.6 Å². The minimum atomic E-state index is -2.99. The van der Waals surface area contributed by atoms with E-state index in [9.17, 15) is 42.1 Å². The number of carbonyl (C=O) groups is 1. The minimum Gasteiger partial charge on any atom is -0.394 e. The minimum absolute atomic E-state index is 0.0705. The van der Waals surface area contributed by atoms with Crippen LogP contribution in [0.3, 0.4) is 0 Å². The fourth-order valence-corrected chi connectivity index (χ4v) is 7.45. The van der Waals surface area contributed by atoms with Crippen molar-refractivity contribution >= 4 is 17.7 Å². The molecule has 2 saturated heterocycles. The van der Waals surface area contributed by atoms with Gasteiger partial charge >= 0.3 is 0 Å². The maximum Gasteiger partial charge on any atom is 0.248 e. The van der Waals surface area contributed by atoms with Crippen LogP contribution in [0.15, 0.2) is 18.3 Å². The molecule has 1 aromatic carbocycles. The number of carbonyl (C=O) groups excluding carboxylic acids is 1. The average Bonchev–Trinajstić information content (AvgIpc) is 3.50. The molecule has 1 amide bonds. The summed E-state index contributed by atoms with van der Waals surface area (Å²) in [6.45, 7) is 0.303. The highest BCUT2D eigenvalue weighted by Crippen LogP contribution is 2.47. The Morgan fingerprint density at radius 1 is 1.16 bits per heavy atom. The third-order valence-corrected chi connectivity index (χ3v) is 9.90. The average molecular weight is 653 g/mol. The molecule has 1 saturated carbocycles. The van der Waals surface area contributed by atoms with Crippen LogP contribution in [0.4, 0.5) is 22.0 Å². The zero-order valence-electron chi connectivity index (χ0n) is 23.6. The van der Waals surface area contributed by atoms with E-state index in [1.54, 1.807) is 0 Å². The monoisotopic (exact) mass is 652 g/mol. The highest BCUT2D eigenvalue weighted by atomic mass is 32.2. The predicted molar refractivity (Wildman–Crippen MR) is 144 cm³/mol. The lowest BCUT2D eigenvalue weighted by atomic mass is 9.80. The summed E-state index contributed by atoms with van der Waals surface area (Å²) in [6, 6.07) is 0.308. The van der Waals surface area contributed by atoms with Gasteiger partial charge in [-0.25, -0.2) is 26.6 Å². The molecule has 3 heterocycles. The van der Waals surface area contributed by atoms with E-state index in [0.29, 0.717) is 0 Å². The number of halogens is 5.